The van der Waals surface area contributed by atoms with Gasteiger partial charge in [-0.05, 0) is 30.5 Å². The number of fused-ring (bicyclic) bond motifs is 1. The summed E-state index contributed by atoms with van der Waals surface area (Å²) in [6.45, 7) is 3.69. The van der Waals surface area contributed by atoms with Gasteiger partial charge in [0.2, 0.25) is 5.75 Å². The topological polar surface area (TPSA) is 107 Å². The predicted octanol–water partition coefficient (Wildman–Crippen LogP) is 1.84. The molecule has 2 atom stereocenters. The Hall–Kier alpha value is -3.15. The molecule has 3 aromatic rings. The molecule has 1 aromatic carbocycles. The largest absolute Gasteiger partial charge is 0.493 e. The molecule has 0 bridgehead atoms. The molecule has 0 aliphatic carbocycles. The zero-order valence-corrected chi connectivity index (χ0v) is 20.4. The van der Waals surface area contributed by atoms with Crippen molar-refractivity contribution in [3.8, 4) is 17.2 Å². The Labute approximate surface area is 204 Å². The highest BCUT2D eigenvalue weighted by atomic mass is 16.5. The van der Waals surface area contributed by atoms with E-state index in [0.717, 1.165) is 48.5 Å². The fourth-order valence-corrected chi connectivity index (χ4v) is 4.97. The molecule has 2 aliphatic heterocycles. The average Bonchev–Trinajstić information content (AvgIpc) is 3.58. The fourth-order valence-electron chi connectivity index (χ4n) is 4.97. The molecule has 1 N–H and O–H groups in total. The van der Waals surface area contributed by atoms with Gasteiger partial charge in [0.1, 0.15) is 12.6 Å². The number of morpholine rings is 1. The average molecular weight is 485 g/mol. The number of hydrogen-bond donors (Lipinski definition) is 1. The number of aliphatic hydroxyl groups excluding tert-OH is 1. The number of ether oxygens (including phenoxy) is 4. The monoisotopic (exact) mass is 484 g/mol. The van der Waals surface area contributed by atoms with Crippen LogP contribution in [-0.2, 0) is 11.3 Å². The number of anilines is 1. The third-order valence-corrected chi connectivity index (χ3v) is 6.62. The standard InChI is InChI=1S/C24H32N6O5/c1-32-18-8-16(9-19(33-2)22(18)34-3)10-28-11-17(13-31)35-20(12-28)30-15-27-21-23(25-14-26-24(21)30)29-6-4-5-7-29/h8-9,14-15,17,20,31H,4-7,10-13H2,1-3H3/t17-,20+/m0/s1. The van der Waals surface area contributed by atoms with E-state index < -0.39 is 0 Å². The van der Waals surface area contributed by atoms with E-state index in [2.05, 4.69) is 24.8 Å². The molecule has 2 fully saturated rings. The first kappa shape index (κ1) is 23.6. The van der Waals surface area contributed by atoms with Crippen molar-refractivity contribution in [3.05, 3.63) is 30.4 Å². The normalized spacial score (nSPS) is 21.0. The van der Waals surface area contributed by atoms with Crippen molar-refractivity contribution >= 4 is 17.0 Å². The third-order valence-electron chi connectivity index (χ3n) is 6.62. The van der Waals surface area contributed by atoms with Crippen LogP contribution >= 0.6 is 0 Å². The van der Waals surface area contributed by atoms with E-state index in [1.807, 2.05) is 16.7 Å². The zero-order valence-electron chi connectivity index (χ0n) is 20.4. The van der Waals surface area contributed by atoms with Gasteiger partial charge in [-0.1, -0.05) is 0 Å². The van der Waals surface area contributed by atoms with E-state index >= 15 is 0 Å². The minimum Gasteiger partial charge on any atom is -0.493 e. The second-order valence-corrected chi connectivity index (χ2v) is 8.84. The van der Waals surface area contributed by atoms with Gasteiger partial charge in [0.25, 0.3) is 0 Å². The number of nitrogens with zero attached hydrogens (tertiary/aromatic N) is 6. The number of methoxy groups -OCH3 is 3. The molecule has 2 aromatic heterocycles. The van der Waals surface area contributed by atoms with Crippen molar-refractivity contribution in [3.63, 3.8) is 0 Å². The van der Waals surface area contributed by atoms with Crippen molar-refractivity contribution in [2.45, 2.75) is 31.7 Å². The first-order chi connectivity index (χ1) is 17.1. The Kier molecular flexibility index (Phi) is 6.89. The number of imidazole rings is 1. The number of aliphatic hydroxyl groups is 1. The molecule has 0 saturated carbocycles. The molecule has 11 heteroatoms. The van der Waals surface area contributed by atoms with Gasteiger partial charge in [-0.2, -0.15) is 0 Å². The number of rotatable bonds is 8. The minimum atomic E-state index is -0.353. The van der Waals surface area contributed by atoms with Crippen molar-refractivity contribution < 1.29 is 24.1 Å². The lowest BCUT2D eigenvalue weighted by molar-refractivity contribution is -0.135. The van der Waals surface area contributed by atoms with Gasteiger partial charge in [-0.15, -0.1) is 0 Å². The molecule has 0 amide bonds. The quantitative estimate of drug-likeness (QED) is 0.509. The van der Waals surface area contributed by atoms with Crippen LogP contribution in [0.2, 0.25) is 0 Å². The maximum Gasteiger partial charge on any atom is 0.203 e. The maximum absolute atomic E-state index is 9.96. The van der Waals surface area contributed by atoms with Crippen LogP contribution in [0, 0.1) is 0 Å². The lowest BCUT2D eigenvalue weighted by atomic mass is 10.1. The van der Waals surface area contributed by atoms with Crippen LogP contribution in [0.15, 0.2) is 24.8 Å². The molecule has 188 valence electrons. The summed E-state index contributed by atoms with van der Waals surface area (Å²) in [6, 6.07) is 3.89. The summed E-state index contributed by atoms with van der Waals surface area (Å²) in [5, 5.41) is 9.96. The summed E-state index contributed by atoms with van der Waals surface area (Å²) in [4.78, 5) is 18.2. The van der Waals surface area contributed by atoms with E-state index in [0.29, 0.717) is 36.9 Å². The summed E-state index contributed by atoms with van der Waals surface area (Å²) in [5.41, 5.74) is 2.52. The van der Waals surface area contributed by atoms with Crippen LogP contribution in [0.1, 0.15) is 24.6 Å². The molecule has 11 nitrogen and oxygen atoms in total. The Bertz CT molecular complexity index is 1140. The SMILES string of the molecule is COc1cc(CN2C[C@@H](CO)O[C@@H](n3cnc4c(N5CCCC5)ncnc43)C2)cc(OC)c1OC. The van der Waals surface area contributed by atoms with Crippen LogP contribution in [0.3, 0.4) is 0 Å². The van der Waals surface area contributed by atoms with Crippen molar-refractivity contribution in [1.82, 2.24) is 24.4 Å². The van der Waals surface area contributed by atoms with Crippen LogP contribution < -0.4 is 19.1 Å². The summed E-state index contributed by atoms with van der Waals surface area (Å²) in [6.07, 6.45) is 4.98. The Morgan fingerprint density at radius 1 is 1.00 bits per heavy atom. The molecule has 0 unspecified atom stereocenters. The molecule has 5 rings (SSSR count). The number of hydrogen-bond acceptors (Lipinski definition) is 10. The van der Waals surface area contributed by atoms with E-state index in [-0.39, 0.29) is 18.9 Å². The molecule has 0 radical (unpaired) electrons. The Morgan fingerprint density at radius 3 is 2.40 bits per heavy atom. The predicted molar refractivity (Wildman–Crippen MR) is 129 cm³/mol. The molecular weight excluding hydrogens is 452 g/mol. The van der Waals surface area contributed by atoms with Crippen LogP contribution in [0.4, 0.5) is 5.82 Å². The van der Waals surface area contributed by atoms with Crippen molar-refractivity contribution in [2.24, 2.45) is 0 Å². The lowest BCUT2D eigenvalue weighted by Gasteiger charge is -2.38. The van der Waals surface area contributed by atoms with E-state index in [9.17, 15) is 5.11 Å². The highest BCUT2D eigenvalue weighted by Crippen LogP contribution is 2.39. The molecule has 4 heterocycles. The van der Waals surface area contributed by atoms with Crippen molar-refractivity contribution in [2.75, 3.05) is 59.0 Å². The van der Waals surface area contributed by atoms with E-state index in [1.165, 1.54) is 0 Å². The minimum absolute atomic E-state index is 0.0805. The second-order valence-electron chi connectivity index (χ2n) is 8.84. The van der Waals surface area contributed by atoms with Crippen LogP contribution in [-0.4, -0.2) is 89.7 Å². The molecule has 2 aliphatic rings. The van der Waals surface area contributed by atoms with Crippen LogP contribution in [0.5, 0.6) is 17.2 Å². The van der Waals surface area contributed by atoms with Gasteiger partial charge in [0.05, 0.1) is 40.4 Å². The first-order valence-corrected chi connectivity index (χ1v) is 11.8. The zero-order chi connectivity index (χ0) is 24.4. The highest BCUT2D eigenvalue weighted by Gasteiger charge is 2.31. The molecular formula is C24H32N6O5. The number of aromatic nitrogens is 4. The number of benzene rings is 1. The van der Waals surface area contributed by atoms with Gasteiger partial charge in [-0.25, -0.2) is 15.0 Å². The van der Waals surface area contributed by atoms with Gasteiger partial charge in [-0.3, -0.25) is 9.47 Å². The molecule has 2 saturated heterocycles. The Morgan fingerprint density at radius 2 is 1.74 bits per heavy atom. The fraction of sp³-hybridized carbons (Fsp3) is 0.542. The van der Waals surface area contributed by atoms with E-state index in [4.69, 9.17) is 18.9 Å². The molecule has 35 heavy (non-hydrogen) atoms. The summed E-state index contributed by atoms with van der Waals surface area (Å²) in [5.74, 6) is 2.65. The molecule has 0 spiro atoms. The summed E-state index contributed by atoms with van der Waals surface area (Å²) >= 11 is 0. The first-order valence-electron chi connectivity index (χ1n) is 11.8. The van der Waals surface area contributed by atoms with Crippen LogP contribution in [0.25, 0.3) is 11.2 Å². The third kappa shape index (κ3) is 4.58. The van der Waals surface area contributed by atoms with Gasteiger partial charge in [0, 0.05) is 32.7 Å². The summed E-state index contributed by atoms with van der Waals surface area (Å²) in [7, 11) is 4.80. The lowest BCUT2D eigenvalue weighted by Crippen LogP contribution is -2.46. The highest BCUT2D eigenvalue weighted by molar-refractivity contribution is 5.83. The maximum atomic E-state index is 9.96. The van der Waals surface area contributed by atoms with Gasteiger partial charge in [0.15, 0.2) is 28.5 Å². The smallest absolute Gasteiger partial charge is 0.203 e. The van der Waals surface area contributed by atoms with E-state index in [1.54, 1.807) is 34.0 Å². The van der Waals surface area contributed by atoms with Gasteiger partial charge >= 0.3 is 0 Å². The van der Waals surface area contributed by atoms with Crippen molar-refractivity contribution in [1.29, 1.82) is 0 Å². The Balaban J connectivity index is 1.41. The van der Waals surface area contributed by atoms with Gasteiger partial charge < -0.3 is 29.0 Å². The second kappa shape index (κ2) is 10.2. The summed E-state index contributed by atoms with van der Waals surface area (Å²) < 4.78 is 24.7.